The van der Waals surface area contributed by atoms with Gasteiger partial charge in [0.2, 0.25) is 0 Å². The maximum atomic E-state index is 11.3. The van der Waals surface area contributed by atoms with Crippen LogP contribution in [0.25, 0.3) is 0 Å². The van der Waals surface area contributed by atoms with Crippen molar-refractivity contribution in [3.63, 3.8) is 0 Å². The summed E-state index contributed by atoms with van der Waals surface area (Å²) in [5.74, 6) is 1.21. The third kappa shape index (κ3) is 5.01. The molecule has 0 spiro atoms. The normalized spacial score (nSPS) is 29.1. The van der Waals surface area contributed by atoms with Gasteiger partial charge < -0.3 is 11.1 Å². The van der Waals surface area contributed by atoms with Crippen molar-refractivity contribution in [3.05, 3.63) is 0 Å². The van der Waals surface area contributed by atoms with Crippen LogP contribution in [0.2, 0.25) is 0 Å². The van der Waals surface area contributed by atoms with Crippen molar-refractivity contribution < 1.29 is 8.42 Å². The van der Waals surface area contributed by atoms with E-state index in [0.29, 0.717) is 24.3 Å². The fraction of sp³-hybridized carbons (Fsp3) is 0.923. The van der Waals surface area contributed by atoms with Crippen LogP contribution in [0.1, 0.15) is 44.9 Å². The van der Waals surface area contributed by atoms with Crippen LogP contribution in [-0.2, 0) is 9.84 Å². The van der Waals surface area contributed by atoms with Crippen molar-refractivity contribution in [1.29, 1.82) is 0 Å². The monoisotopic (exact) mass is 287 g/mol. The van der Waals surface area contributed by atoms with E-state index in [9.17, 15) is 8.42 Å². The van der Waals surface area contributed by atoms with E-state index < -0.39 is 9.84 Å². The fourth-order valence-corrected chi connectivity index (χ4v) is 4.77. The highest BCUT2D eigenvalue weighted by Gasteiger charge is 2.27. The van der Waals surface area contributed by atoms with E-state index in [1.807, 2.05) is 0 Å². The Bertz CT molecular complexity index is 412. The van der Waals surface area contributed by atoms with Gasteiger partial charge in [-0.1, -0.05) is 25.7 Å². The number of hydrogen-bond acceptors (Lipinski definition) is 3. The molecule has 6 heteroatoms. The third-order valence-electron chi connectivity index (χ3n) is 4.05. The minimum absolute atomic E-state index is 0.152. The van der Waals surface area contributed by atoms with E-state index in [1.165, 1.54) is 25.7 Å². The molecule has 0 aromatic rings. The topological polar surface area (TPSA) is 84.5 Å². The first-order chi connectivity index (χ1) is 9.05. The van der Waals surface area contributed by atoms with Gasteiger partial charge in [-0.3, -0.25) is 4.99 Å². The Kier molecular flexibility index (Phi) is 5.07. The molecule has 0 radical (unpaired) electrons. The van der Waals surface area contributed by atoms with E-state index in [1.54, 1.807) is 0 Å². The molecule has 0 aromatic carbocycles. The van der Waals surface area contributed by atoms with Gasteiger partial charge in [-0.25, -0.2) is 8.42 Å². The fourth-order valence-electron chi connectivity index (χ4n) is 2.92. The van der Waals surface area contributed by atoms with Crippen LogP contribution in [0.4, 0.5) is 0 Å². The number of aliphatic imine (C=N–C) groups is 1. The molecule has 1 saturated heterocycles. The molecule has 1 aliphatic carbocycles. The molecule has 1 unspecified atom stereocenters. The summed E-state index contributed by atoms with van der Waals surface area (Å²) in [5, 5.41) is 3.28. The van der Waals surface area contributed by atoms with Gasteiger partial charge in [-0.05, 0) is 25.2 Å². The lowest BCUT2D eigenvalue weighted by Gasteiger charge is -2.17. The largest absolute Gasteiger partial charge is 0.370 e. The molecule has 0 aromatic heterocycles. The van der Waals surface area contributed by atoms with Gasteiger partial charge in [0, 0.05) is 12.6 Å². The molecule has 1 aliphatic heterocycles. The van der Waals surface area contributed by atoms with Gasteiger partial charge in [0.25, 0.3) is 0 Å². The number of guanidine groups is 1. The summed E-state index contributed by atoms with van der Waals surface area (Å²) in [6.07, 6.45) is 8.19. The molecule has 110 valence electrons. The maximum absolute atomic E-state index is 11.3. The maximum Gasteiger partial charge on any atom is 0.188 e. The number of nitrogens with two attached hydrogens (primary N) is 1. The molecular formula is C13H25N3O2S. The zero-order chi connectivity index (χ0) is 13.7. The van der Waals surface area contributed by atoms with Crippen LogP contribution in [-0.4, -0.2) is 38.5 Å². The number of sulfone groups is 1. The predicted molar refractivity (Wildman–Crippen MR) is 77.9 cm³/mol. The molecule has 3 N–H and O–H groups in total. The summed E-state index contributed by atoms with van der Waals surface area (Å²) in [4.78, 5) is 4.32. The van der Waals surface area contributed by atoms with Gasteiger partial charge >= 0.3 is 0 Å². The minimum Gasteiger partial charge on any atom is -0.370 e. The molecule has 2 rings (SSSR count). The van der Waals surface area contributed by atoms with Crippen molar-refractivity contribution in [3.8, 4) is 0 Å². The lowest BCUT2D eigenvalue weighted by Crippen LogP contribution is -2.40. The number of nitrogens with one attached hydrogen (secondary N) is 1. The zero-order valence-electron chi connectivity index (χ0n) is 11.5. The highest BCUT2D eigenvalue weighted by atomic mass is 32.2. The van der Waals surface area contributed by atoms with Gasteiger partial charge in [-0.15, -0.1) is 0 Å². The Labute approximate surface area is 116 Å². The van der Waals surface area contributed by atoms with Crippen LogP contribution >= 0.6 is 0 Å². The number of hydrogen-bond donors (Lipinski definition) is 2. The highest BCUT2D eigenvalue weighted by molar-refractivity contribution is 7.91. The SMILES string of the molecule is NC(=NCC1CCS(=O)(=O)C1)NC1CCCCCC1. The molecular weight excluding hydrogens is 262 g/mol. The van der Waals surface area contributed by atoms with Crippen molar-refractivity contribution in [2.45, 2.75) is 51.0 Å². The van der Waals surface area contributed by atoms with Crippen molar-refractivity contribution in [2.24, 2.45) is 16.6 Å². The Hall–Kier alpha value is -0.780. The second-order valence-electron chi connectivity index (χ2n) is 5.83. The molecule has 1 atom stereocenters. The second kappa shape index (κ2) is 6.59. The Morgan fingerprint density at radius 2 is 1.84 bits per heavy atom. The zero-order valence-corrected chi connectivity index (χ0v) is 12.3. The quantitative estimate of drug-likeness (QED) is 0.461. The van der Waals surface area contributed by atoms with Crippen molar-refractivity contribution in [2.75, 3.05) is 18.1 Å². The van der Waals surface area contributed by atoms with Crippen LogP contribution in [0.5, 0.6) is 0 Å². The first kappa shape index (κ1) is 14.6. The highest BCUT2D eigenvalue weighted by Crippen LogP contribution is 2.19. The van der Waals surface area contributed by atoms with E-state index in [0.717, 1.165) is 19.3 Å². The molecule has 2 aliphatic rings. The summed E-state index contributed by atoms with van der Waals surface area (Å²) >= 11 is 0. The summed E-state index contributed by atoms with van der Waals surface area (Å²) < 4.78 is 22.7. The van der Waals surface area contributed by atoms with E-state index in [2.05, 4.69) is 10.3 Å². The smallest absolute Gasteiger partial charge is 0.188 e. The minimum atomic E-state index is -2.81. The van der Waals surface area contributed by atoms with Crippen LogP contribution in [0.3, 0.4) is 0 Å². The van der Waals surface area contributed by atoms with E-state index in [-0.39, 0.29) is 11.7 Å². The summed E-state index contributed by atoms with van der Waals surface area (Å²) in [5.41, 5.74) is 5.89. The second-order valence-corrected chi connectivity index (χ2v) is 8.06. The first-order valence-electron chi connectivity index (χ1n) is 7.32. The van der Waals surface area contributed by atoms with Crippen LogP contribution in [0.15, 0.2) is 4.99 Å². The van der Waals surface area contributed by atoms with Gasteiger partial charge in [-0.2, -0.15) is 0 Å². The number of nitrogens with zero attached hydrogens (tertiary/aromatic N) is 1. The molecule has 1 saturated carbocycles. The molecule has 1 heterocycles. The average Bonchev–Trinajstić information content (AvgIpc) is 2.55. The standard InChI is InChI=1S/C13H25N3O2S/c14-13(16-12-5-3-1-2-4-6-12)15-9-11-7-8-19(17,18)10-11/h11-12H,1-10H2,(H3,14,15,16). The molecule has 5 nitrogen and oxygen atoms in total. The molecule has 2 fully saturated rings. The molecule has 19 heavy (non-hydrogen) atoms. The Balaban J connectivity index is 1.76. The summed E-state index contributed by atoms with van der Waals surface area (Å²) in [6.45, 7) is 0.533. The lowest BCUT2D eigenvalue weighted by molar-refractivity contribution is 0.527. The van der Waals surface area contributed by atoms with E-state index in [4.69, 9.17) is 5.73 Å². The van der Waals surface area contributed by atoms with Gasteiger partial charge in [0.15, 0.2) is 15.8 Å². The Morgan fingerprint density at radius 1 is 1.16 bits per heavy atom. The van der Waals surface area contributed by atoms with Crippen LogP contribution < -0.4 is 11.1 Å². The summed E-state index contributed by atoms with van der Waals surface area (Å²) in [6, 6.07) is 0.443. The van der Waals surface area contributed by atoms with Crippen molar-refractivity contribution >= 4 is 15.8 Å². The van der Waals surface area contributed by atoms with Gasteiger partial charge in [0.1, 0.15) is 0 Å². The van der Waals surface area contributed by atoms with Gasteiger partial charge in [0.05, 0.1) is 11.5 Å². The predicted octanol–water partition coefficient (Wildman–Crippen LogP) is 1.05. The van der Waals surface area contributed by atoms with Crippen molar-refractivity contribution in [1.82, 2.24) is 5.32 Å². The van der Waals surface area contributed by atoms with Crippen LogP contribution in [0, 0.1) is 5.92 Å². The Morgan fingerprint density at radius 3 is 2.42 bits per heavy atom. The first-order valence-corrected chi connectivity index (χ1v) is 9.14. The third-order valence-corrected chi connectivity index (χ3v) is 5.89. The summed E-state index contributed by atoms with van der Waals surface area (Å²) in [7, 11) is -2.81. The average molecular weight is 287 g/mol. The molecule has 0 bridgehead atoms. The molecule has 0 amide bonds. The van der Waals surface area contributed by atoms with E-state index >= 15 is 0 Å². The number of rotatable bonds is 3. The lowest BCUT2D eigenvalue weighted by atomic mass is 10.1.